The zero-order valence-corrected chi connectivity index (χ0v) is 17.7. The molecular formula is C16H29KO6. The van der Waals surface area contributed by atoms with Gasteiger partial charge >= 0.3 is 57.4 Å². The zero-order chi connectivity index (χ0) is 17.0. The maximum atomic E-state index is 11.5. The van der Waals surface area contributed by atoms with Crippen molar-refractivity contribution < 1.29 is 81.0 Å². The van der Waals surface area contributed by atoms with E-state index in [-0.39, 0.29) is 64.4 Å². The number of carbonyl (C=O) groups is 2. The quantitative estimate of drug-likeness (QED) is 0.217. The zero-order valence-electron chi connectivity index (χ0n) is 14.6. The number of carbonyl (C=O) groups excluding carboxylic acids is 2. The second kappa shape index (κ2) is 16.0. The third-order valence-corrected chi connectivity index (χ3v) is 3.48. The first-order valence-corrected chi connectivity index (χ1v) is 8.02. The largest absolute Gasteiger partial charge is 1.00 e. The fourth-order valence-electron chi connectivity index (χ4n) is 2.10. The van der Waals surface area contributed by atoms with Crippen LogP contribution in [0.15, 0.2) is 0 Å². The predicted octanol–water partition coefficient (Wildman–Crippen LogP) is -2.36. The van der Waals surface area contributed by atoms with Crippen molar-refractivity contribution in [3.05, 3.63) is 0 Å². The molecule has 130 valence electrons. The number of hydrogen-bond acceptors (Lipinski definition) is 6. The fraction of sp³-hybridized carbons (Fsp3) is 0.875. The Balaban J connectivity index is 0. The van der Waals surface area contributed by atoms with Crippen LogP contribution in [0.1, 0.15) is 58.8 Å². The second-order valence-electron chi connectivity index (χ2n) is 6.12. The topological polar surface area (TPSA) is 107 Å². The fourth-order valence-corrected chi connectivity index (χ4v) is 2.10. The van der Waals surface area contributed by atoms with Gasteiger partial charge in [0, 0.05) is 11.9 Å². The summed E-state index contributed by atoms with van der Waals surface area (Å²) in [7, 11) is 0. The molecule has 0 aromatic heterocycles. The van der Waals surface area contributed by atoms with Crippen molar-refractivity contribution in [3.63, 3.8) is 0 Å². The van der Waals surface area contributed by atoms with Gasteiger partial charge in [0.05, 0.1) is 13.0 Å². The van der Waals surface area contributed by atoms with Crippen LogP contribution in [0.3, 0.4) is 0 Å². The maximum Gasteiger partial charge on any atom is 1.00 e. The first-order chi connectivity index (χ1) is 10.4. The van der Waals surface area contributed by atoms with E-state index in [1.165, 1.54) is 6.42 Å². The number of ether oxygens (including phenoxy) is 1. The first-order valence-electron chi connectivity index (χ1n) is 8.02. The Kier molecular flexibility index (Phi) is 17.9. The van der Waals surface area contributed by atoms with Gasteiger partial charge in [-0.15, -0.1) is 0 Å². The number of rotatable bonds is 13. The van der Waals surface area contributed by atoms with Gasteiger partial charge in [-0.1, -0.05) is 46.0 Å². The number of hydrogen-bond donors (Lipinski definition) is 2. The van der Waals surface area contributed by atoms with Crippen LogP contribution >= 0.6 is 0 Å². The Morgan fingerprint density at radius 3 is 2.13 bits per heavy atom. The summed E-state index contributed by atoms with van der Waals surface area (Å²) in [5.74, 6) is -2.12. The third kappa shape index (κ3) is 15.7. The SMILES string of the molecule is CC(C)CCCCCCC(CC(=O)OCC(O)CO)C(=O)[O-].[K+]. The molecule has 0 rings (SSSR count). The molecule has 2 unspecified atom stereocenters. The number of aliphatic carboxylic acids is 1. The third-order valence-electron chi connectivity index (χ3n) is 3.48. The van der Waals surface area contributed by atoms with Crippen molar-refractivity contribution >= 4 is 11.9 Å². The van der Waals surface area contributed by atoms with E-state index in [2.05, 4.69) is 13.8 Å². The summed E-state index contributed by atoms with van der Waals surface area (Å²) in [4.78, 5) is 22.5. The van der Waals surface area contributed by atoms with Crippen molar-refractivity contribution in [2.45, 2.75) is 64.9 Å². The van der Waals surface area contributed by atoms with Crippen molar-refractivity contribution in [2.75, 3.05) is 13.2 Å². The van der Waals surface area contributed by atoms with E-state index in [1.807, 2.05) is 0 Å². The standard InChI is InChI=1S/C16H30O6.K/c1-12(2)7-5-3-4-6-8-13(16(20)21)9-15(19)22-11-14(18)10-17;/h12-14,17-18H,3-11H2,1-2H3,(H,20,21);/q;+1/p-1. The Bertz CT molecular complexity index is 322. The number of esters is 1. The Morgan fingerprint density at radius 2 is 1.65 bits per heavy atom. The van der Waals surface area contributed by atoms with Crippen molar-refractivity contribution in [1.29, 1.82) is 0 Å². The van der Waals surface area contributed by atoms with E-state index in [4.69, 9.17) is 14.9 Å². The molecule has 0 radical (unpaired) electrons. The van der Waals surface area contributed by atoms with Gasteiger partial charge < -0.3 is 24.9 Å². The Hall–Kier alpha value is 0.496. The summed E-state index contributed by atoms with van der Waals surface area (Å²) in [6.07, 6.45) is 4.04. The summed E-state index contributed by atoms with van der Waals surface area (Å²) in [6.45, 7) is 3.51. The van der Waals surface area contributed by atoms with Crippen LogP contribution in [0.25, 0.3) is 0 Å². The van der Waals surface area contributed by atoms with Gasteiger partial charge in [-0.05, 0) is 12.3 Å². The molecule has 0 aliphatic rings. The number of carboxylic acids is 1. The molecule has 2 N–H and O–H groups in total. The first kappa shape index (κ1) is 25.7. The van der Waals surface area contributed by atoms with E-state index in [1.54, 1.807) is 0 Å². The average molecular weight is 357 g/mol. The van der Waals surface area contributed by atoms with Gasteiger partial charge in [-0.3, -0.25) is 4.79 Å². The monoisotopic (exact) mass is 356 g/mol. The van der Waals surface area contributed by atoms with E-state index in [9.17, 15) is 14.7 Å². The van der Waals surface area contributed by atoms with Crippen LogP contribution in [0.4, 0.5) is 0 Å². The smallest absolute Gasteiger partial charge is 0.550 e. The molecule has 2 atom stereocenters. The normalized spacial score (nSPS) is 13.3. The van der Waals surface area contributed by atoms with E-state index < -0.39 is 30.6 Å². The van der Waals surface area contributed by atoms with Crippen LogP contribution < -0.4 is 56.5 Å². The molecule has 0 saturated heterocycles. The molecule has 6 nitrogen and oxygen atoms in total. The van der Waals surface area contributed by atoms with Gasteiger partial charge in [0.25, 0.3) is 0 Å². The summed E-state index contributed by atoms with van der Waals surface area (Å²) in [5, 5.41) is 28.7. The minimum Gasteiger partial charge on any atom is -0.550 e. The Morgan fingerprint density at radius 1 is 1.09 bits per heavy atom. The molecule has 0 spiro atoms. The molecule has 0 aliphatic heterocycles. The van der Waals surface area contributed by atoms with Gasteiger partial charge in [0.1, 0.15) is 12.7 Å². The molecule has 0 aromatic carbocycles. The Labute approximate surface area is 181 Å². The van der Waals surface area contributed by atoms with Crippen LogP contribution in [-0.2, 0) is 14.3 Å². The molecule has 7 heteroatoms. The molecule has 0 aromatic rings. The summed E-state index contributed by atoms with van der Waals surface area (Å²) in [6, 6.07) is 0. The van der Waals surface area contributed by atoms with Gasteiger partial charge in [0.2, 0.25) is 0 Å². The molecule has 0 bridgehead atoms. The molecule has 0 fully saturated rings. The van der Waals surface area contributed by atoms with Gasteiger partial charge in [0.15, 0.2) is 0 Å². The predicted molar refractivity (Wildman–Crippen MR) is 79.7 cm³/mol. The molecule has 0 amide bonds. The van der Waals surface area contributed by atoms with Crippen LogP contribution in [0.5, 0.6) is 0 Å². The number of carboxylic acid groups (broad SMARTS) is 1. The minimum absolute atomic E-state index is 0. The van der Waals surface area contributed by atoms with Crippen LogP contribution in [0, 0.1) is 11.8 Å². The molecule has 0 saturated carbocycles. The summed E-state index contributed by atoms with van der Waals surface area (Å²) >= 11 is 0. The molecule has 23 heavy (non-hydrogen) atoms. The van der Waals surface area contributed by atoms with E-state index >= 15 is 0 Å². The van der Waals surface area contributed by atoms with Crippen LogP contribution in [-0.4, -0.2) is 41.5 Å². The van der Waals surface area contributed by atoms with E-state index in [0.717, 1.165) is 25.7 Å². The average Bonchev–Trinajstić information content (AvgIpc) is 2.46. The molecule has 0 heterocycles. The molecule has 0 aliphatic carbocycles. The van der Waals surface area contributed by atoms with Crippen molar-refractivity contribution in [3.8, 4) is 0 Å². The summed E-state index contributed by atoms with van der Waals surface area (Å²) < 4.78 is 4.71. The molecular weight excluding hydrogens is 327 g/mol. The van der Waals surface area contributed by atoms with Crippen LogP contribution in [0.2, 0.25) is 0 Å². The van der Waals surface area contributed by atoms with Crippen molar-refractivity contribution in [1.82, 2.24) is 0 Å². The van der Waals surface area contributed by atoms with Crippen molar-refractivity contribution in [2.24, 2.45) is 11.8 Å². The summed E-state index contributed by atoms with van der Waals surface area (Å²) in [5.41, 5.74) is 0. The van der Waals surface area contributed by atoms with E-state index in [0.29, 0.717) is 12.3 Å². The number of aliphatic hydroxyl groups excluding tert-OH is 2. The second-order valence-corrected chi connectivity index (χ2v) is 6.12. The van der Waals surface area contributed by atoms with Gasteiger partial charge in [-0.25, -0.2) is 0 Å². The maximum absolute atomic E-state index is 11.5. The minimum atomic E-state index is -1.25. The van der Waals surface area contributed by atoms with Gasteiger partial charge in [-0.2, -0.15) is 0 Å². The number of aliphatic hydroxyl groups is 2. The number of unbranched alkanes of at least 4 members (excludes halogenated alkanes) is 3.